The number of halogens is 1. The second-order valence-electron chi connectivity index (χ2n) is 10.2. The van der Waals surface area contributed by atoms with E-state index in [1.807, 2.05) is 19.1 Å². The van der Waals surface area contributed by atoms with Crippen LogP contribution in [-0.2, 0) is 13.2 Å². The number of aryl methyl sites for hydroxylation is 1. The Balaban J connectivity index is 1.22. The maximum Gasteiger partial charge on any atom is 0.267 e. The number of anilines is 3. The minimum Gasteiger partial charge on any atom is -0.359 e. The standard InChI is InChI=1S/C29H35FN6O2S/c1-3-35-10-12-36(13-11-35)18-21-6-5-20(14-22(21)16-30)27(37)32-24-7-4-19(2)25(15-24)34-28(38)26-17-31-29(39-26)33-23-8-9-23/h4-7,14-15,17,23H,3,8-13,16,18H2,1-2H3,(H,31,33)(H,32,37)(H,34,38). The van der Waals surface area contributed by atoms with E-state index in [1.54, 1.807) is 30.5 Å². The Bertz CT molecular complexity index is 1330. The van der Waals surface area contributed by atoms with Crippen LogP contribution in [0.2, 0.25) is 0 Å². The normalized spacial score (nSPS) is 16.2. The largest absolute Gasteiger partial charge is 0.359 e. The van der Waals surface area contributed by atoms with Gasteiger partial charge in [-0.3, -0.25) is 14.5 Å². The third-order valence-corrected chi connectivity index (χ3v) is 8.22. The Morgan fingerprint density at radius 1 is 1.00 bits per heavy atom. The molecule has 206 valence electrons. The number of likely N-dealkylation sites (N-methyl/N-ethyl adjacent to an activating group) is 1. The van der Waals surface area contributed by atoms with Crippen LogP contribution in [0.15, 0.2) is 42.6 Å². The van der Waals surface area contributed by atoms with Gasteiger partial charge in [0.25, 0.3) is 11.8 Å². The topological polar surface area (TPSA) is 89.6 Å². The first kappa shape index (κ1) is 27.2. The van der Waals surface area contributed by atoms with E-state index in [9.17, 15) is 14.0 Å². The number of amides is 2. The lowest BCUT2D eigenvalue weighted by atomic mass is 10.0. The van der Waals surface area contributed by atoms with E-state index in [1.165, 1.54) is 11.3 Å². The highest BCUT2D eigenvalue weighted by molar-refractivity contribution is 7.17. The number of nitrogens with zero attached hydrogens (tertiary/aromatic N) is 3. The fraction of sp³-hybridized carbons (Fsp3) is 0.414. The van der Waals surface area contributed by atoms with Crippen molar-refractivity contribution in [2.45, 2.75) is 46.0 Å². The number of hydrogen-bond donors (Lipinski definition) is 3. The smallest absolute Gasteiger partial charge is 0.267 e. The van der Waals surface area contributed by atoms with Crippen molar-refractivity contribution in [3.05, 3.63) is 69.7 Å². The van der Waals surface area contributed by atoms with E-state index in [0.717, 1.165) is 61.8 Å². The highest BCUT2D eigenvalue weighted by atomic mass is 32.1. The molecule has 0 unspecified atom stereocenters. The monoisotopic (exact) mass is 550 g/mol. The third-order valence-electron chi connectivity index (χ3n) is 7.30. The molecule has 3 N–H and O–H groups in total. The van der Waals surface area contributed by atoms with Crippen molar-refractivity contribution in [3.8, 4) is 0 Å². The molecule has 1 aliphatic heterocycles. The molecular formula is C29H35FN6O2S. The lowest BCUT2D eigenvalue weighted by Gasteiger charge is -2.34. The lowest BCUT2D eigenvalue weighted by Crippen LogP contribution is -2.45. The number of carbonyl (C=O) groups excluding carboxylic acids is 2. The number of piperazine rings is 1. The predicted octanol–water partition coefficient (Wildman–Crippen LogP) is 5.14. The summed E-state index contributed by atoms with van der Waals surface area (Å²) in [6.45, 7) is 9.10. The Hall–Kier alpha value is -3.34. The minimum absolute atomic E-state index is 0.248. The molecule has 0 atom stereocenters. The number of benzene rings is 2. The van der Waals surface area contributed by atoms with Crippen molar-refractivity contribution in [1.29, 1.82) is 0 Å². The fourth-order valence-electron chi connectivity index (χ4n) is 4.62. The molecule has 2 aromatic carbocycles. The van der Waals surface area contributed by atoms with Crippen molar-refractivity contribution < 1.29 is 14.0 Å². The quantitative estimate of drug-likeness (QED) is 0.324. The van der Waals surface area contributed by atoms with E-state index >= 15 is 0 Å². The molecule has 0 radical (unpaired) electrons. The molecule has 3 aromatic rings. The van der Waals surface area contributed by atoms with Gasteiger partial charge in [0.15, 0.2) is 5.13 Å². The van der Waals surface area contributed by atoms with Gasteiger partial charge in [0, 0.05) is 55.7 Å². The van der Waals surface area contributed by atoms with E-state index in [-0.39, 0.29) is 11.8 Å². The molecule has 1 aromatic heterocycles. The van der Waals surface area contributed by atoms with Crippen LogP contribution in [0.3, 0.4) is 0 Å². The van der Waals surface area contributed by atoms with Gasteiger partial charge < -0.3 is 20.9 Å². The van der Waals surface area contributed by atoms with Crippen molar-refractivity contribution in [2.75, 3.05) is 48.7 Å². The number of nitrogens with one attached hydrogen (secondary N) is 3. The van der Waals surface area contributed by atoms with Crippen LogP contribution in [0.25, 0.3) is 0 Å². The van der Waals surface area contributed by atoms with E-state index in [4.69, 9.17) is 0 Å². The molecule has 2 amide bonds. The van der Waals surface area contributed by atoms with E-state index in [2.05, 4.69) is 37.7 Å². The Labute approximate surface area is 232 Å². The summed E-state index contributed by atoms with van der Waals surface area (Å²) in [5, 5.41) is 9.86. The molecule has 2 fully saturated rings. The zero-order valence-electron chi connectivity index (χ0n) is 22.4. The molecule has 1 saturated heterocycles. The zero-order chi connectivity index (χ0) is 27.4. The van der Waals surface area contributed by atoms with Gasteiger partial charge in [-0.05, 0) is 67.3 Å². The van der Waals surface area contributed by atoms with Crippen LogP contribution >= 0.6 is 11.3 Å². The van der Waals surface area contributed by atoms with Gasteiger partial charge >= 0.3 is 0 Å². The minimum atomic E-state index is -0.623. The molecular weight excluding hydrogens is 515 g/mol. The first-order valence-corrected chi connectivity index (χ1v) is 14.3. The molecule has 2 aliphatic rings. The first-order chi connectivity index (χ1) is 18.9. The average molecular weight is 551 g/mol. The number of hydrogen-bond acceptors (Lipinski definition) is 7. The summed E-state index contributed by atoms with van der Waals surface area (Å²) in [4.78, 5) is 35.4. The molecule has 1 aliphatic carbocycles. The van der Waals surface area contributed by atoms with Crippen molar-refractivity contribution >= 4 is 39.7 Å². The van der Waals surface area contributed by atoms with Crippen LogP contribution in [0.4, 0.5) is 20.9 Å². The van der Waals surface area contributed by atoms with Crippen LogP contribution in [0.1, 0.15) is 56.5 Å². The summed E-state index contributed by atoms with van der Waals surface area (Å²) in [6.07, 6.45) is 3.84. The van der Waals surface area contributed by atoms with Crippen molar-refractivity contribution in [2.24, 2.45) is 0 Å². The van der Waals surface area contributed by atoms with Gasteiger partial charge in [-0.25, -0.2) is 9.37 Å². The summed E-state index contributed by atoms with van der Waals surface area (Å²) in [5.74, 6) is -0.575. The Morgan fingerprint density at radius 2 is 1.77 bits per heavy atom. The van der Waals surface area contributed by atoms with E-state index in [0.29, 0.717) is 40.0 Å². The predicted molar refractivity (Wildman–Crippen MR) is 154 cm³/mol. The lowest BCUT2D eigenvalue weighted by molar-refractivity contribution is 0.102. The molecule has 0 bridgehead atoms. The molecule has 8 nitrogen and oxygen atoms in total. The zero-order valence-corrected chi connectivity index (χ0v) is 23.2. The molecule has 1 saturated carbocycles. The van der Waals surface area contributed by atoms with Gasteiger partial charge in [0.1, 0.15) is 11.6 Å². The third kappa shape index (κ3) is 7.00. The highest BCUT2D eigenvalue weighted by Gasteiger charge is 2.23. The number of aromatic nitrogens is 1. The van der Waals surface area contributed by atoms with Gasteiger partial charge in [0.2, 0.25) is 0 Å². The second kappa shape index (κ2) is 12.2. The summed E-state index contributed by atoms with van der Waals surface area (Å²) >= 11 is 1.32. The van der Waals surface area contributed by atoms with Crippen LogP contribution in [0, 0.1) is 6.92 Å². The number of alkyl halides is 1. The number of carbonyl (C=O) groups is 2. The van der Waals surface area contributed by atoms with E-state index < -0.39 is 6.67 Å². The van der Waals surface area contributed by atoms with Crippen LogP contribution < -0.4 is 16.0 Å². The Morgan fingerprint density at radius 3 is 2.49 bits per heavy atom. The van der Waals surface area contributed by atoms with Crippen molar-refractivity contribution in [1.82, 2.24) is 14.8 Å². The van der Waals surface area contributed by atoms with Crippen molar-refractivity contribution in [3.63, 3.8) is 0 Å². The summed E-state index contributed by atoms with van der Waals surface area (Å²) in [7, 11) is 0. The second-order valence-corrected chi connectivity index (χ2v) is 11.2. The molecule has 2 heterocycles. The van der Waals surface area contributed by atoms with Crippen LogP contribution in [-0.4, -0.2) is 65.4 Å². The maximum absolute atomic E-state index is 13.9. The number of rotatable bonds is 10. The summed E-state index contributed by atoms with van der Waals surface area (Å²) in [5.41, 5.74) is 3.86. The van der Waals surface area contributed by atoms with Gasteiger partial charge in [-0.1, -0.05) is 30.4 Å². The molecule has 10 heteroatoms. The summed E-state index contributed by atoms with van der Waals surface area (Å²) in [6, 6.07) is 11.1. The molecule has 0 spiro atoms. The average Bonchev–Trinajstić information content (AvgIpc) is 3.64. The highest BCUT2D eigenvalue weighted by Crippen LogP contribution is 2.28. The SMILES string of the molecule is CCN1CCN(Cc2ccc(C(=O)Nc3ccc(C)c(NC(=O)c4cnc(NC5CC5)s4)c3)cc2CF)CC1. The molecule has 5 rings (SSSR count). The fourth-order valence-corrected chi connectivity index (χ4v) is 5.41. The summed E-state index contributed by atoms with van der Waals surface area (Å²) < 4.78 is 13.9. The Kier molecular flexibility index (Phi) is 8.54. The van der Waals surface area contributed by atoms with Gasteiger partial charge in [-0.15, -0.1) is 0 Å². The maximum atomic E-state index is 13.9. The first-order valence-electron chi connectivity index (χ1n) is 13.5. The van der Waals surface area contributed by atoms with Gasteiger partial charge in [0.05, 0.1) is 6.20 Å². The molecule has 39 heavy (non-hydrogen) atoms. The van der Waals surface area contributed by atoms with Crippen LogP contribution in [0.5, 0.6) is 0 Å². The van der Waals surface area contributed by atoms with Gasteiger partial charge in [-0.2, -0.15) is 0 Å². The number of thiazole rings is 1.